The lowest BCUT2D eigenvalue weighted by atomic mass is 10.0. The van der Waals surface area contributed by atoms with E-state index in [1.54, 1.807) is 17.1 Å². The van der Waals surface area contributed by atoms with Crippen molar-refractivity contribution in [2.75, 3.05) is 13.1 Å². The number of hydrogen-bond acceptors (Lipinski definition) is 5. The minimum absolute atomic E-state index is 0.185. The Morgan fingerprint density at radius 3 is 3.16 bits per heavy atom. The van der Waals surface area contributed by atoms with Crippen LogP contribution in [0.4, 0.5) is 0 Å². The molecule has 0 spiro atoms. The monoisotopic (exact) mass is 342 g/mol. The largest absolute Gasteiger partial charge is 0.350 e. The number of carbonyl (C=O) groups excluding carboxylic acids is 1. The summed E-state index contributed by atoms with van der Waals surface area (Å²) in [4.78, 5) is 16.5. The van der Waals surface area contributed by atoms with Crippen LogP contribution in [-0.2, 0) is 13.0 Å². The van der Waals surface area contributed by atoms with E-state index in [9.17, 15) is 4.79 Å². The first-order valence-corrected chi connectivity index (χ1v) is 9.04. The number of carbonyl (C=O) groups is 1. The third-order valence-corrected chi connectivity index (χ3v) is 4.66. The topological polar surface area (TPSA) is 84.7 Å². The molecular formula is C18H26N6O. The first kappa shape index (κ1) is 17.5. The molecule has 134 valence electrons. The quantitative estimate of drug-likeness (QED) is 0.796. The molecule has 3 rings (SSSR count). The maximum absolute atomic E-state index is 12.2. The number of nitrogens with zero attached hydrogens (tertiary/aromatic N) is 4. The smallest absolute Gasteiger partial charge is 0.273 e. The summed E-state index contributed by atoms with van der Waals surface area (Å²) in [6.45, 7) is 4.45. The van der Waals surface area contributed by atoms with Crippen molar-refractivity contribution in [2.45, 2.75) is 51.6 Å². The molecule has 1 saturated heterocycles. The van der Waals surface area contributed by atoms with E-state index in [2.05, 4.69) is 25.9 Å². The van der Waals surface area contributed by atoms with Crippen molar-refractivity contribution in [2.24, 2.45) is 0 Å². The predicted octanol–water partition coefficient (Wildman–Crippen LogP) is 1.49. The maximum Gasteiger partial charge on any atom is 0.273 e. The van der Waals surface area contributed by atoms with Crippen molar-refractivity contribution in [1.29, 1.82) is 0 Å². The van der Waals surface area contributed by atoms with Crippen LogP contribution in [0, 0.1) is 6.92 Å². The highest BCUT2D eigenvalue weighted by Crippen LogP contribution is 2.10. The van der Waals surface area contributed by atoms with Crippen molar-refractivity contribution < 1.29 is 4.79 Å². The number of pyridine rings is 1. The van der Waals surface area contributed by atoms with Gasteiger partial charge >= 0.3 is 0 Å². The van der Waals surface area contributed by atoms with Crippen LogP contribution in [0.3, 0.4) is 0 Å². The summed E-state index contributed by atoms with van der Waals surface area (Å²) in [5.74, 6) is -0.185. The molecule has 2 aromatic rings. The van der Waals surface area contributed by atoms with Crippen LogP contribution >= 0.6 is 0 Å². The van der Waals surface area contributed by atoms with Gasteiger partial charge in [-0.1, -0.05) is 17.7 Å². The van der Waals surface area contributed by atoms with Gasteiger partial charge in [0.25, 0.3) is 5.91 Å². The first-order valence-electron chi connectivity index (χ1n) is 9.04. The summed E-state index contributed by atoms with van der Waals surface area (Å²) in [5.41, 5.74) is 2.51. The predicted molar refractivity (Wildman–Crippen MR) is 95.3 cm³/mol. The van der Waals surface area contributed by atoms with E-state index in [-0.39, 0.29) is 5.91 Å². The summed E-state index contributed by atoms with van der Waals surface area (Å²) in [7, 11) is 0. The number of piperidine rings is 1. The second-order valence-corrected chi connectivity index (χ2v) is 6.58. The van der Waals surface area contributed by atoms with E-state index in [0.29, 0.717) is 24.7 Å². The molecule has 1 fully saturated rings. The Morgan fingerprint density at radius 1 is 1.44 bits per heavy atom. The van der Waals surface area contributed by atoms with E-state index in [0.717, 1.165) is 30.8 Å². The van der Waals surface area contributed by atoms with E-state index >= 15 is 0 Å². The molecule has 1 amide bonds. The highest BCUT2D eigenvalue weighted by Gasteiger charge is 2.14. The number of aryl methyl sites for hydroxylation is 2. The van der Waals surface area contributed by atoms with Crippen molar-refractivity contribution in [3.05, 3.63) is 41.5 Å². The van der Waals surface area contributed by atoms with Gasteiger partial charge in [0.05, 0.1) is 6.20 Å². The Balaban J connectivity index is 1.43. The van der Waals surface area contributed by atoms with Crippen molar-refractivity contribution >= 4 is 5.91 Å². The molecule has 0 saturated carbocycles. The molecule has 1 unspecified atom stereocenters. The lowest BCUT2D eigenvalue weighted by Gasteiger charge is -2.23. The van der Waals surface area contributed by atoms with Gasteiger partial charge in [-0.2, -0.15) is 0 Å². The SMILES string of the molecule is Cc1cccnc1CCNC(=O)c1cn(CCC2CCCCN2)nn1. The van der Waals surface area contributed by atoms with Crippen molar-refractivity contribution in [3.8, 4) is 0 Å². The van der Waals surface area contributed by atoms with Gasteiger partial charge in [-0.3, -0.25) is 14.5 Å². The fourth-order valence-corrected chi connectivity index (χ4v) is 3.14. The molecule has 2 aromatic heterocycles. The molecular weight excluding hydrogens is 316 g/mol. The second-order valence-electron chi connectivity index (χ2n) is 6.58. The van der Waals surface area contributed by atoms with Crippen LogP contribution < -0.4 is 10.6 Å². The molecule has 25 heavy (non-hydrogen) atoms. The maximum atomic E-state index is 12.2. The third kappa shape index (κ3) is 5.09. The van der Waals surface area contributed by atoms with E-state index in [1.165, 1.54) is 19.3 Å². The molecule has 1 atom stereocenters. The average Bonchev–Trinajstić information content (AvgIpc) is 3.11. The van der Waals surface area contributed by atoms with Crippen LogP contribution in [0.5, 0.6) is 0 Å². The standard InChI is InChI=1S/C18H26N6O/c1-14-5-4-10-20-16(14)7-11-21-18(25)17-13-24(23-22-17)12-8-15-6-2-3-9-19-15/h4-5,10,13,15,19H,2-3,6-9,11-12H2,1H3,(H,21,25). The Morgan fingerprint density at radius 2 is 2.36 bits per heavy atom. The van der Waals surface area contributed by atoms with Gasteiger partial charge in [-0.05, 0) is 44.4 Å². The third-order valence-electron chi connectivity index (χ3n) is 4.66. The average molecular weight is 342 g/mol. The van der Waals surface area contributed by atoms with Gasteiger partial charge in [0.15, 0.2) is 5.69 Å². The highest BCUT2D eigenvalue weighted by molar-refractivity contribution is 5.91. The number of nitrogens with one attached hydrogen (secondary N) is 2. The van der Waals surface area contributed by atoms with Crippen LogP contribution in [0.25, 0.3) is 0 Å². The lowest BCUT2D eigenvalue weighted by molar-refractivity contribution is 0.0949. The minimum atomic E-state index is -0.185. The van der Waals surface area contributed by atoms with Crippen LogP contribution in [0.1, 0.15) is 47.4 Å². The molecule has 1 aliphatic heterocycles. The van der Waals surface area contributed by atoms with E-state index < -0.39 is 0 Å². The zero-order valence-corrected chi connectivity index (χ0v) is 14.7. The van der Waals surface area contributed by atoms with Gasteiger partial charge < -0.3 is 10.6 Å². The summed E-state index contributed by atoms with van der Waals surface area (Å²) >= 11 is 0. The molecule has 0 aliphatic carbocycles. The van der Waals surface area contributed by atoms with Gasteiger partial charge in [0.1, 0.15) is 0 Å². The zero-order chi connectivity index (χ0) is 17.5. The number of aromatic nitrogens is 4. The molecule has 2 N–H and O–H groups in total. The summed E-state index contributed by atoms with van der Waals surface area (Å²) in [6.07, 6.45) is 9.00. The molecule has 7 heteroatoms. The summed E-state index contributed by atoms with van der Waals surface area (Å²) in [5, 5.41) is 14.5. The number of rotatable bonds is 7. The van der Waals surface area contributed by atoms with Gasteiger partial charge in [0, 0.05) is 37.4 Å². The fourth-order valence-electron chi connectivity index (χ4n) is 3.14. The Labute approximate surface area is 148 Å². The molecule has 0 aromatic carbocycles. The molecule has 1 aliphatic rings. The molecule has 0 bridgehead atoms. The number of amides is 1. The van der Waals surface area contributed by atoms with Crippen LogP contribution in [0.2, 0.25) is 0 Å². The van der Waals surface area contributed by atoms with Gasteiger partial charge in [-0.25, -0.2) is 0 Å². The van der Waals surface area contributed by atoms with Gasteiger partial charge in [0.2, 0.25) is 0 Å². The Hall–Kier alpha value is -2.28. The molecule has 0 radical (unpaired) electrons. The van der Waals surface area contributed by atoms with E-state index in [1.807, 2.05) is 19.1 Å². The first-order chi connectivity index (χ1) is 12.2. The second kappa shape index (κ2) is 8.71. The zero-order valence-electron chi connectivity index (χ0n) is 14.7. The van der Waals surface area contributed by atoms with Crippen molar-refractivity contribution in [3.63, 3.8) is 0 Å². The lowest BCUT2D eigenvalue weighted by Crippen LogP contribution is -2.34. The van der Waals surface area contributed by atoms with Gasteiger partial charge in [-0.15, -0.1) is 5.10 Å². The van der Waals surface area contributed by atoms with Crippen molar-refractivity contribution in [1.82, 2.24) is 30.6 Å². The molecule has 3 heterocycles. The Kier molecular flexibility index (Phi) is 6.11. The summed E-state index contributed by atoms with van der Waals surface area (Å²) in [6, 6.07) is 4.49. The number of hydrogen-bond donors (Lipinski definition) is 2. The summed E-state index contributed by atoms with van der Waals surface area (Å²) < 4.78 is 1.76. The normalized spacial score (nSPS) is 17.4. The van der Waals surface area contributed by atoms with Crippen LogP contribution in [-0.4, -0.2) is 45.0 Å². The fraction of sp³-hybridized carbons (Fsp3) is 0.556. The molecule has 7 nitrogen and oxygen atoms in total. The minimum Gasteiger partial charge on any atom is -0.350 e. The van der Waals surface area contributed by atoms with E-state index in [4.69, 9.17) is 0 Å². The highest BCUT2D eigenvalue weighted by atomic mass is 16.2. The van der Waals surface area contributed by atoms with Crippen LogP contribution in [0.15, 0.2) is 24.5 Å². The Bertz CT molecular complexity index is 692.